The number of ether oxygens (including phenoxy) is 1. The lowest BCUT2D eigenvalue weighted by molar-refractivity contribution is 0.127. The quantitative estimate of drug-likeness (QED) is 0.743. The van der Waals surface area contributed by atoms with Gasteiger partial charge in [0.1, 0.15) is 0 Å². The summed E-state index contributed by atoms with van der Waals surface area (Å²) in [6, 6.07) is 1.59. The van der Waals surface area contributed by atoms with Crippen LogP contribution in [0.4, 0.5) is 0 Å². The molecule has 0 aromatic heterocycles. The maximum Gasteiger partial charge on any atom is 0.214 e. The number of nitriles is 1. The van der Waals surface area contributed by atoms with Gasteiger partial charge in [0.15, 0.2) is 0 Å². The Morgan fingerprint density at radius 3 is 2.93 bits per heavy atom. The zero-order chi connectivity index (χ0) is 11.3. The average Bonchev–Trinajstić information content (AvgIpc) is 2.54. The van der Waals surface area contributed by atoms with Gasteiger partial charge in [0.2, 0.25) is 10.0 Å². The molecule has 0 aromatic carbocycles. The molecule has 0 bridgehead atoms. The summed E-state index contributed by atoms with van der Waals surface area (Å²) >= 11 is 0. The SMILES string of the molecule is CC(CC#N)NS(=O)(=O)CC1CCCO1. The second-order valence-corrected chi connectivity index (χ2v) is 5.60. The van der Waals surface area contributed by atoms with E-state index in [-0.39, 0.29) is 24.3 Å². The van der Waals surface area contributed by atoms with Crippen LogP contribution in [0.25, 0.3) is 0 Å². The molecule has 1 aliphatic rings. The number of nitrogens with one attached hydrogen (secondary N) is 1. The fourth-order valence-electron chi connectivity index (χ4n) is 1.55. The average molecular weight is 232 g/mol. The first-order valence-corrected chi connectivity index (χ1v) is 6.67. The Morgan fingerprint density at radius 2 is 2.40 bits per heavy atom. The van der Waals surface area contributed by atoms with Crippen LogP contribution in [-0.4, -0.2) is 32.9 Å². The first-order chi connectivity index (χ1) is 7.03. The van der Waals surface area contributed by atoms with Gasteiger partial charge in [0.25, 0.3) is 0 Å². The highest BCUT2D eigenvalue weighted by molar-refractivity contribution is 7.89. The second kappa shape index (κ2) is 5.45. The minimum absolute atomic E-state index is 0.00275. The summed E-state index contributed by atoms with van der Waals surface area (Å²) in [6.45, 7) is 2.32. The van der Waals surface area contributed by atoms with Gasteiger partial charge in [-0.1, -0.05) is 0 Å². The van der Waals surface area contributed by atoms with Gasteiger partial charge in [-0.2, -0.15) is 5.26 Å². The summed E-state index contributed by atoms with van der Waals surface area (Å²) in [5, 5.41) is 8.41. The Labute approximate surface area is 90.5 Å². The molecule has 2 atom stereocenters. The third-order valence-electron chi connectivity index (χ3n) is 2.21. The van der Waals surface area contributed by atoms with E-state index in [2.05, 4.69) is 4.72 Å². The molecule has 2 unspecified atom stereocenters. The first kappa shape index (κ1) is 12.4. The molecule has 0 aliphatic carbocycles. The van der Waals surface area contributed by atoms with Crippen LogP contribution < -0.4 is 4.72 Å². The van der Waals surface area contributed by atoms with Gasteiger partial charge < -0.3 is 4.74 Å². The largest absolute Gasteiger partial charge is 0.377 e. The molecule has 0 aromatic rings. The van der Waals surface area contributed by atoms with Crippen LogP contribution in [0, 0.1) is 11.3 Å². The lowest BCUT2D eigenvalue weighted by Crippen LogP contribution is -2.37. The lowest BCUT2D eigenvalue weighted by atomic mass is 10.3. The fourth-order valence-corrected chi connectivity index (χ4v) is 3.10. The van der Waals surface area contributed by atoms with Gasteiger partial charge in [-0.25, -0.2) is 13.1 Å². The summed E-state index contributed by atoms with van der Waals surface area (Å²) in [7, 11) is -3.31. The van der Waals surface area contributed by atoms with Crippen molar-refractivity contribution in [1.29, 1.82) is 5.26 Å². The molecule has 1 heterocycles. The van der Waals surface area contributed by atoms with Crippen molar-refractivity contribution in [2.24, 2.45) is 0 Å². The van der Waals surface area contributed by atoms with Crippen molar-refractivity contribution in [2.45, 2.75) is 38.3 Å². The normalized spacial score (nSPS) is 23.6. The predicted octanol–water partition coefficient (Wildman–Crippen LogP) is 0.387. The monoisotopic (exact) mass is 232 g/mol. The maximum atomic E-state index is 11.6. The Kier molecular flexibility index (Phi) is 4.51. The molecule has 6 heteroatoms. The maximum absolute atomic E-state index is 11.6. The molecular formula is C9H16N2O3S. The highest BCUT2D eigenvalue weighted by Crippen LogP contribution is 2.13. The van der Waals surface area contributed by atoms with E-state index in [4.69, 9.17) is 10.00 Å². The molecule has 0 saturated carbocycles. The van der Waals surface area contributed by atoms with E-state index in [0.29, 0.717) is 6.61 Å². The van der Waals surface area contributed by atoms with Crippen molar-refractivity contribution in [1.82, 2.24) is 4.72 Å². The summed E-state index contributed by atoms with van der Waals surface area (Å²) in [4.78, 5) is 0. The minimum atomic E-state index is -3.31. The molecule has 5 nitrogen and oxygen atoms in total. The van der Waals surface area contributed by atoms with Crippen molar-refractivity contribution in [3.05, 3.63) is 0 Å². The summed E-state index contributed by atoms with van der Waals surface area (Å²) in [5.41, 5.74) is 0. The fraction of sp³-hybridized carbons (Fsp3) is 0.889. The molecule has 15 heavy (non-hydrogen) atoms. The molecule has 0 spiro atoms. The second-order valence-electron chi connectivity index (χ2n) is 3.80. The minimum Gasteiger partial charge on any atom is -0.377 e. The van der Waals surface area contributed by atoms with E-state index >= 15 is 0 Å². The lowest BCUT2D eigenvalue weighted by Gasteiger charge is -2.14. The van der Waals surface area contributed by atoms with Crippen molar-refractivity contribution in [2.75, 3.05) is 12.4 Å². The van der Waals surface area contributed by atoms with Crippen LogP contribution in [-0.2, 0) is 14.8 Å². The summed E-state index contributed by atoms with van der Waals surface area (Å²) in [5.74, 6) is 0.00275. The van der Waals surface area contributed by atoms with Crippen LogP contribution in [0.3, 0.4) is 0 Å². The van der Waals surface area contributed by atoms with E-state index in [1.807, 2.05) is 6.07 Å². The standard InChI is InChI=1S/C9H16N2O3S/c1-8(4-5-10)11-15(12,13)7-9-3-2-6-14-9/h8-9,11H,2-4,6-7H2,1H3. The molecule has 1 N–H and O–H groups in total. The van der Waals surface area contributed by atoms with E-state index in [9.17, 15) is 8.42 Å². The van der Waals surface area contributed by atoms with Crippen LogP contribution in [0.1, 0.15) is 26.2 Å². The van der Waals surface area contributed by atoms with Gasteiger partial charge in [-0.05, 0) is 19.8 Å². The van der Waals surface area contributed by atoms with E-state index in [0.717, 1.165) is 12.8 Å². The number of rotatable bonds is 5. The predicted molar refractivity (Wildman–Crippen MR) is 55.6 cm³/mol. The molecule has 1 aliphatic heterocycles. The molecule has 1 saturated heterocycles. The van der Waals surface area contributed by atoms with Crippen molar-refractivity contribution >= 4 is 10.0 Å². The zero-order valence-electron chi connectivity index (χ0n) is 8.77. The van der Waals surface area contributed by atoms with Crippen molar-refractivity contribution in [3.8, 4) is 6.07 Å². The third kappa shape index (κ3) is 4.60. The molecule has 1 rings (SSSR count). The van der Waals surface area contributed by atoms with Gasteiger partial charge in [-0.15, -0.1) is 0 Å². The van der Waals surface area contributed by atoms with E-state index in [1.165, 1.54) is 0 Å². The number of nitrogens with zero attached hydrogens (tertiary/aromatic N) is 1. The topological polar surface area (TPSA) is 79.2 Å². The van der Waals surface area contributed by atoms with Crippen molar-refractivity contribution < 1.29 is 13.2 Å². The van der Waals surface area contributed by atoms with Crippen LogP contribution >= 0.6 is 0 Å². The zero-order valence-corrected chi connectivity index (χ0v) is 9.59. The first-order valence-electron chi connectivity index (χ1n) is 5.02. The summed E-state index contributed by atoms with van der Waals surface area (Å²) < 4.78 is 30.8. The Bertz CT molecular complexity index is 328. The van der Waals surface area contributed by atoms with Gasteiger partial charge in [0, 0.05) is 12.6 Å². The van der Waals surface area contributed by atoms with Gasteiger partial charge in [0.05, 0.1) is 24.3 Å². The highest BCUT2D eigenvalue weighted by atomic mass is 32.2. The Balaban J connectivity index is 2.41. The molecule has 1 fully saturated rings. The van der Waals surface area contributed by atoms with Crippen molar-refractivity contribution in [3.63, 3.8) is 0 Å². The van der Waals surface area contributed by atoms with Gasteiger partial charge in [-0.3, -0.25) is 0 Å². The molecule has 0 amide bonds. The molecule has 0 radical (unpaired) electrons. The van der Waals surface area contributed by atoms with Crippen LogP contribution in [0.5, 0.6) is 0 Å². The van der Waals surface area contributed by atoms with Crippen LogP contribution in [0.15, 0.2) is 0 Å². The number of sulfonamides is 1. The van der Waals surface area contributed by atoms with Gasteiger partial charge >= 0.3 is 0 Å². The Hall–Kier alpha value is -0.640. The Morgan fingerprint density at radius 1 is 1.67 bits per heavy atom. The number of hydrogen-bond acceptors (Lipinski definition) is 4. The third-order valence-corrected chi connectivity index (χ3v) is 3.78. The van der Waals surface area contributed by atoms with Crippen LogP contribution in [0.2, 0.25) is 0 Å². The number of hydrogen-bond donors (Lipinski definition) is 1. The highest BCUT2D eigenvalue weighted by Gasteiger charge is 2.24. The van der Waals surface area contributed by atoms with E-state index < -0.39 is 10.0 Å². The van der Waals surface area contributed by atoms with E-state index in [1.54, 1.807) is 6.92 Å². The molecular weight excluding hydrogens is 216 g/mol. The smallest absolute Gasteiger partial charge is 0.214 e. The summed E-state index contributed by atoms with van der Waals surface area (Å²) in [6.07, 6.45) is 1.73. The molecule has 86 valence electrons.